The smallest absolute Gasteiger partial charge is 0.136 e. The van der Waals surface area contributed by atoms with Crippen LogP contribution in [0.25, 0.3) is 0 Å². The highest BCUT2D eigenvalue weighted by atomic mass is 31.1. The standard InChI is InChI=1S/C21H37OP/c1-3-13-23(14-4-2)15-9-7-5-6-8-10-21(22)20-17-18-11-12-19(20)16-18/h11-12,18-20H,3-10,13-17H2,1-2H3. The molecule has 0 saturated heterocycles. The summed E-state index contributed by atoms with van der Waals surface area (Å²) in [6.07, 6.45) is 21.6. The highest BCUT2D eigenvalue weighted by molar-refractivity contribution is 7.57. The van der Waals surface area contributed by atoms with Crippen LogP contribution >= 0.6 is 7.92 Å². The van der Waals surface area contributed by atoms with Gasteiger partial charge in [-0.3, -0.25) is 4.79 Å². The number of rotatable bonds is 13. The molecule has 2 bridgehead atoms. The van der Waals surface area contributed by atoms with Gasteiger partial charge in [0.05, 0.1) is 0 Å². The lowest BCUT2D eigenvalue weighted by Gasteiger charge is -2.17. The molecule has 23 heavy (non-hydrogen) atoms. The van der Waals surface area contributed by atoms with Gasteiger partial charge in [-0.2, -0.15) is 0 Å². The lowest BCUT2D eigenvalue weighted by atomic mass is 9.87. The van der Waals surface area contributed by atoms with Gasteiger partial charge in [0.2, 0.25) is 0 Å². The zero-order chi connectivity index (χ0) is 16.5. The molecule has 1 nitrogen and oxygen atoms in total. The fraction of sp³-hybridized carbons (Fsp3) is 0.857. The second-order valence-electron chi connectivity index (χ2n) is 7.71. The van der Waals surface area contributed by atoms with Crippen LogP contribution in [0.3, 0.4) is 0 Å². The molecular weight excluding hydrogens is 299 g/mol. The van der Waals surface area contributed by atoms with E-state index in [1.165, 1.54) is 63.4 Å². The molecule has 3 atom stereocenters. The minimum absolute atomic E-state index is 0.335. The monoisotopic (exact) mass is 336 g/mol. The Morgan fingerprint density at radius 3 is 2.22 bits per heavy atom. The fourth-order valence-corrected chi connectivity index (χ4v) is 7.08. The number of unbranched alkanes of at least 4 members (excludes halogenated alkanes) is 4. The molecule has 2 heteroatoms. The summed E-state index contributed by atoms with van der Waals surface area (Å²) in [6, 6.07) is 0. The lowest BCUT2D eigenvalue weighted by Crippen LogP contribution is -2.18. The van der Waals surface area contributed by atoms with Gasteiger partial charge in [0.1, 0.15) is 5.78 Å². The van der Waals surface area contributed by atoms with Gasteiger partial charge in [-0.1, -0.05) is 58.1 Å². The number of Topliss-reactive ketones (excluding diaryl/α,β-unsaturated/α-hetero) is 1. The van der Waals surface area contributed by atoms with Crippen molar-refractivity contribution >= 4 is 13.7 Å². The van der Waals surface area contributed by atoms with Crippen LogP contribution in [0.2, 0.25) is 0 Å². The number of carbonyl (C=O) groups excluding carboxylic acids is 1. The van der Waals surface area contributed by atoms with Crippen LogP contribution in [0.4, 0.5) is 0 Å². The number of allylic oxidation sites excluding steroid dienone is 2. The largest absolute Gasteiger partial charge is 0.299 e. The summed E-state index contributed by atoms with van der Waals surface area (Å²) >= 11 is 0. The van der Waals surface area contributed by atoms with E-state index < -0.39 is 0 Å². The molecule has 2 aliphatic rings. The van der Waals surface area contributed by atoms with Crippen molar-refractivity contribution in [2.24, 2.45) is 17.8 Å². The first-order chi connectivity index (χ1) is 11.2. The van der Waals surface area contributed by atoms with Gasteiger partial charge in [0.25, 0.3) is 0 Å². The third kappa shape index (κ3) is 6.33. The van der Waals surface area contributed by atoms with Gasteiger partial charge in [-0.25, -0.2) is 0 Å². The van der Waals surface area contributed by atoms with E-state index in [4.69, 9.17) is 0 Å². The summed E-state index contributed by atoms with van der Waals surface area (Å²) in [5, 5.41) is 0. The zero-order valence-corrected chi connectivity index (χ0v) is 16.3. The van der Waals surface area contributed by atoms with E-state index in [0.717, 1.165) is 25.2 Å². The second kappa shape index (κ2) is 10.7. The van der Waals surface area contributed by atoms with E-state index >= 15 is 0 Å². The Kier molecular flexibility index (Phi) is 8.88. The van der Waals surface area contributed by atoms with Crippen LogP contribution in [0, 0.1) is 17.8 Å². The normalized spacial score (nSPS) is 25.6. The SMILES string of the molecule is CCCP(CCC)CCCCCCCC(=O)C1CC2C=CC1C2. The zero-order valence-electron chi connectivity index (χ0n) is 15.4. The maximum Gasteiger partial charge on any atom is 0.136 e. The molecule has 0 amide bonds. The van der Waals surface area contributed by atoms with E-state index in [0.29, 0.717) is 25.5 Å². The summed E-state index contributed by atoms with van der Waals surface area (Å²) < 4.78 is 0. The Morgan fingerprint density at radius 2 is 1.61 bits per heavy atom. The van der Waals surface area contributed by atoms with Crippen molar-refractivity contribution in [1.82, 2.24) is 0 Å². The second-order valence-corrected chi connectivity index (χ2v) is 10.4. The molecule has 0 aliphatic heterocycles. The maximum atomic E-state index is 12.3. The molecule has 0 spiro atoms. The van der Waals surface area contributed by atoms with Crippen LogP contribution in [0.15, 0.2) is 12.2 Å². The quantitative estimate of drug-likeness (QED) is 0.216. The highest BCUT2D eigenvalue weighted by Crippen LogP contribution is 2.44. The minimum Gasteiger partial charge on any atom is -0.299 e. The van der Waals surface area contributed by atoms with Crippen LogP contribution in [-0.2, 0) is 4.79 Å². The summed E-state index contributed by atoms with van der Waals surface area (Å²) in [4.78, 5) is 12.3. The van der Waals surface area contributed by atoms with Gasteiger partial charge in [0, 0.05) is 12.3 Å². The molecule has 2 aliphatic carbocycles. The first kappa shape index (κ1) is 19.2. The van der Waals surface area contributed by atoms with Crippen LogP contribution in [-0.4, -0.2) is 24.3 Å². The van der Waals surface area contributed by atoms with Crippen LogP contribution in [0.5, 0.6) is 0 Å². The Balaban J connectivity index is 1.46. The van der Waals surface area contributed by atoms with Crippen molar-refractivity contribution in [3.63, 3.8) is 0 Å². The average Bonchev–Trinajstić information content (AvgIpc) is 3.17. The third-order valence-electron chi connectivity index (χ3n) is 5.67. The van der Waals surface area contributed by atoms with Crippen molar-refractivity contribution in [2.75, 3.05) is 18.5 Å². The Labute approximate surface area is 145 Å². The van der Waals surface area contributed by atoms with E-state index in [2.05, 4.69) is 26.0 Å². The minimum atomic E-state index is 0.335. The molecule has 1 fully saturated rings. The molecule has 132 valence electrons. The summed E-state index contributed by atoms with van der Waals surface area (Å²) in [5.74, 6) is 2.28. The highest BCUT2D eigenvalue weighted by Gasteiger charge is 2.38. The molecule has 0 radical (unpaired) electrons. The van der Waals surface area contributed by atoms with Gasteiger partial charge in [-0.15, -0.1) is 7.92 Å². The van der Waals surface area contributed by atoms with Crippen molar-refractivity contribution in [3.05, 3.63) is 12.2 Å². The molecule has 0 aromatic rings. The van der Waals surface area contributed by atoms with E-state index in [9.17, 15) is 4.79 Å². The lowest BCUT2D eigenvalue weighted by molar-refractivity contribution is -0.123. The molecule has 0 aromatic carbocycles. The van der Waals surface area contributed by atoms with Crippen molar-refractivity contribution in [3.8, 4) is 0 Å². The van der Waals surface area contributed by atoms with Gasteiger partial charge < -0.3 is 0 Å². The maximum absolute atomic E-state index is 12.3. The Hall–Kier alpha value is -0.160. The van der Waals surface area contributed by atoms with Gasteiger partial charge in [0.15, 0.2) is 0 Å². The van der Waals surface area contributed by atoms with Gasteiger partial charge >= 0.3 is 0 Å². The molecule has 1 saturated carbocycles. The summed E-state index contributed by atoms with van der Waals surface area (Å²) in [5.41, 5.74) is 0. The molecule has 0 aromatic heterocycles. The summed E-state index contributed by atoms with van der Waals surface area (Å²) in [6.45, 7) is 4.65. The van der Waals surface area contributed by atoms with Crippen molar-refractivity contribution in [2.45, 2.75) is 78.1 Å². The van der Waals surface area contributed by atoms with Crippen LogP contribution < -0.4 is 0 Å². The van der Waals surface area contributed by atoms with Crippen molar-refractivity contribution < 1.29 is 4.79 Å². The number of hydrogen-bond acceptors (Lipinski definition) is 1. The van der Waals surface area contributed by atoms with Gasteiger partial charge in [-0.05, 0) is 56.0 Å². The topological polar surface area (TPSA) is 17.1 Å². The number of hydrogen-bond donors (Lipinski definition) is 0. The van der Waals surface area contributed by atoms with E-state index in [1.54, 1.807) is 0 Å². The average molecular weight is 336 g/mol. The number of ketones is 1. The third-order valence-corrected chi connectivity index (χ3v) is 8.78. The molecular formula is C21H37OP. The summed E-state index contributed by atoms with van der Waals surface area (Å²) in [7, 11) is 0.335. The molecule has 0 heterocycles. The molecule has 2 rings (SSSR count). The number of carbonyl (C=O) groups is 1. The first-order valence-electron chi connectivity index (χ1n) is 10.2. The predicted octanol–water partition coefficient (Wildman–Crippen LogP) is 6.41. The number of fused-ring (bicyclic) bond motifs is 2. The van der Waals surface area contributed by atoms with Crippen molar-refractivity contribution in [1.29, 1.82) is 0 Å². The Bertz CT molecular complexity index is 370. The predicted molar refractivity (Wildman–Crippen MR) is 104 cm³/mol. The van der Waals surface area contributed by atoms with E-state index in [1.807, 2.05) is 0 Å². The molecule has 3 unspecified atom stereocenters. The van der Waals surface area contributed by atoms with Crippen LogP contribution in [0.1, 0.15) is 78.1 Å². The Morgan fingerprint density at radius 1 is 0.913 bits per heavy atom. The fourth-order valence-electron chi connectivity index (χ4n) is 4.47. The molecule has 0 N–H and O–H groups in total. The first-order valence-corrected chi connectivity index (χ1v) is 12.1. The van der Waals surface area contributed by atoms with E-state index in [-0.39, 0.29) is 0 Å².